The average Bonchev–Trinajstić information content (AvgIpc) is 3.47. The molecule has 1 atom stereocenters. The van der Waals surface area contributed by atoms with Crippen LogP contribution in [0.5, 0.6) is 0 Å². The first-order valence-electron chi connectivity index (χ1n) is 14.7. The van der Waals surface area contributed by atoms with Gasteiger partial charge in [0.1, 0.15) is 11.4 Å². The fraction of sp³-hybridized carbons (Fsp3) is 0.324. The summed E-state index contributed by atoms with van der Waals surface area (Å²) < 4.78 is 7.35. The van der Waals surface area contributed by atoms with Gasteiger partial charge in [0.2, 0.25) is 0 Å². The number of carbonyl (C=O) groups excluding carboxylic acids is 3. The summed E-state index contributed by atoms with van der Waals surface area (Å²) in [4.78, 5) is 52.3. The van der Waals surface area contributed by atoms with Gasteiger partial charge in [-0.2, -0.15) is 0 Å². The number of carbonyl (C=O) groups is 3. The van der Waals surface area contributed by atoms with Crippen molar-refractivity contribution in [1.29, 1.82) is 0 Å². The van der Waals surface area contributed by atoms with Gasteiger partial charge in [0.15, 0.2) is 0 Å². The van der Waals surface area contributed by atoms with Crippen molar-refractivity contribution in [1.82, 2.24) is 24.3 Å². The van der Waals surface area contributed by atoms with E-state index in [-0.39, 0.29) is 24.4 Å². The van der Waals surface area contributed by atoms with E-state index >= 15 is 0 Å². The van der Waals surface area contributed by atoms with Crippen LogP contribution in [0.25, 0.3) is 11.0 Å². The molecule has 0 N–H and O–H groups in total. The zero-order valence-electron chi connectivity index (χ0n) is 24.7. The van der Waals surface area contributed by atoms with Crippen LogP contribution in [-0.4, -0.2) is 60.9 Å². The van der Waals surface area contributed by atoms with Crippen LogP contribution in [0.2, 0.25) is 0 Å². The van der Waals surface area contributed by atoms with Crippen molar-refractivity contribution in [3.63, 3.8) is 0 Å². The molecule has 0 saturated carbocycles. The smallest absolute Gasteiger partial charge is 0.420 e. The number of aryl methyl sites for hydroxylation is 1. The number of imide groups is 1. The predicted octanol–water partition coefficient (Wildman–Crippen LogP) is 5.95. The molecule has 3 heterocycles. The van der Waals surface area contributed by atoms with Gasteiger partial charge >= 0.3 is 6.09 Å². The Morgan fingerprint density at radius 3 is 2.47 bits per heavy atom. The van der Waals surface area contributed by atoms with Crippen LogP contribution in [0.3, 0.4) is 0 Å². The Bertz CT molecular complexity index is 1700. The highest BCUT2D eigenvalue weighted by atomic mass is 16.6. The van der Waals surface area contributed by atoms with E-state index in [0.717, 1.165) is 25.0 Å². The van der Waals surface area contributed by atoms with E-state index in [9.17, 15) is 14.4 Å². The third-order valence-electron chi connectivity index (χ3n) is 7.83. The monoisotopic (exact) mass is 577 g/mol. The van der Waals surface area contributed by atoms with Crippen molar-refractivity contribution < 1.29 is 19.1 Å². The number of imidazole rings is 1. The molecule has 2 aromatic carbocycles. The largest absolute Gasteiger partial charge is 0.443 e. The molecule has 4 aromatic rings. The van der Waals surface area contributed by atoms with E-state index < -0.39 is 11.7 Å². The average molecular weight is 578 g/mol. The first-order chi connectivity index (χ1) is 20.7. The molecule has 1 aliphatic carbocycles. The van der Waals surface area contributed by atoms with Crippen molar-refractivity contribution in [2.45, 2.75) is 58.2 Å². The Balaban J connectivity index is 1.30. The quantitative estimate of drug-likeness (QED) is 0.198. The maximum atomic E-state index is 13.5. The van der Waals surface area contributed by atoms with Crippen LogP contribution in [-0.2, 0) is 17.7 Å². The summed E-state index contributed by atoms with van der Waals surface area (Å²) in [7, 11) is 0. The molecule has 0 radical (unpaired) electrons. The Morgan fingerprint density at radius 2 is 1.72 bits per heavy atom. The fourth-order valence-electron chi connectivity index (χ4n) is 5.91. The first-order valence-corrected chi connectivity index (χ1v) is 14.7. The first kappa shape index (κ1) is 28.5. The number of pyridine rings is 1. The zero-order chi connectivity index (χ0) is 30.1. The van der Waals surface area contributed by atoms with Gasteiger partial charge in [0.25, 0.3) is 11.8 Å². The van der Waals surface area contributed by atoms with Gasteiger partial charge in [-0.3, -0.25) is 24.4 Å². The lowest BCUT2D eigenvalue weighted by Crippen LogP contribution is -2.34. The van der Waals surface area contributed by atoms with Crippen LogP contribution >= 0.6 is 0 Å². The van der Waals surface area contributed by atoms with Gasteiger partial charge in [0.05, 0.1) is 40.4 Å². The number of nitrogens with zero attached hydrogens (tertiary/aromatic N) is 5. The van der Waals surface area contributed by atoms with Gasteiger partial charge < -0.3 is 4.74 Å². The second-order valence-corrected chi connectivity index (χ2v) is 12.0. The number of ether oxygens (including phenoxy) is 1. The highest BCUT2D eigenvalue weighted by Gasteiger charge is 2.34. The van der Waals surface area contributed by atoms with Crippen LogP contribution in [0.15, 0.2) is 79.0 Å². The van der Waals surface area contributed by atoms with Crippen molar-refractivity contribution in [3.05, 3.63) is 107 Å². The minimum atomic E-state index is -0.668. The van der Waals surface area contributed by atoms with Crippen molar-refractivity contribution in [2.24, 2.45) is 0 Å². The predicted molar refractivity (Wildman–Crippen MR) is 163 cm³/mol. The van der Waals surface area contributed by atoms with Gasteiger partial charge in [-0.15, -0.1) is 0 Å². The lowest BCUT2D eigenvalue weighted by Gasteiger charge is -2.34. The lowest BCUT2D eigenvalue weighted by molar-refractivity contribution is 0.0531. The standard InChI is InChI=1S/C34H35N5O4/c1-34(2,3)43-33(42)39-27-17-7-6-16-26(27)36-29(39)22-37(28-18-10-12-23-13-11-19-35-30(23)28)20-8-9-21-38-31(40)24-14-4-5-15-25(24)32(38)41/h4-9,11,13-17,19,28H,10,12,18,20-22H2,1-3H3. The summed E-state index contributed by atoms with van der Waals surface area (Å²) in [5.41, 5.74) is 3.86. The van der Waals surface area contributed by atoms with Crippen molar-refractivity contribution in [3.8, 4) is 0 Å². The number of para-hydroxylation sites is 2. The van der Waals surface area contributed by atoms with Crippen LogP contribution < -0.4 is 0 Å². The SMILES string of the molecule is CC(C)(C)OC(=O)n1c(CN(CC=CCN2C(=O)c3ccccc3C2=O)C2CCCc3cccnc32)nc2ccccc21. The molecular formula is C34H35N5O4. The van der Waals surface area contributed by atoms with E-state index in [4.69, 9.17) is 14.7 Å². The summed E-state index contributed by atoms with van der Waals surface area (Å²) in [6, 6.07) is 18.6. The van der Waals surface area contributed by atoms with E-state index in [1.54, 1.807) is 28.8 Å². The third kappa shape index (κ3) is 5.72. The Hall–Kier alpha value is -4.63. The maximum absolute atomic E-state index is 13.5. The molecule has 1 aliphatic heterocycles. The number of amides is 2. The van der Waals surface area contributed by atoms with E-state index in [0.29, 0.717) is 41.1 Å². The van der Waals surface area contributed by atoms with Gasteiger partial charge in [-0.1, -0.05) is 42.5 Å². The minimum absolute atomic E-state index is 0.000745. The molecule has 2 amide bonds. The van der Waals surface area contributed by atoms with E-state index in [1.807, 2.05) is 69.5 Å². The highest BCUT2D eigenvalue weighted by Crippen LogP contribution is 2.34. The fourth-order valence-corrected chi connectivity index (χ4v) is 5.91. The molecule has 9 heteroatoms. The molecule has 43 heavy (non-hydrogen) atoms. The number of benzene rings is 2. The summed E-state index contributed by atoms with van der Waals surface area (Å²) in [6.45, 7) is 6.59. The number of fused-ring (bicyclic) bond motifs is 3. The second-order valence-electron chi connectivity index (χ2n) is 12.0. The molecule has 2 aromatic heterocycles. The molecule has 6 rings (SSSR count). The van der Waals surface area contributed by atoms with Crippen LogP contribution in [0.1, 0.15) is 77.5 Å². The Labute approximate surface area is 250 Å². The van der Waals surface area contributed by atoms with Crippen LogP contribution in [0, 0.1) is 0 Å². The van der Waals surface area contributed by atoms with Gasteiger partial charge in [-0.05, 0) is 75.9 Å². The van der Waals surface area contributed by atoms with Crippen molar-refractivity contribution in [2.75, 3.05) is 13.1 Å². The van der Waals surface area contributed by atoms with Crippen molar-refractivity contribution >= 4 is 28.9 Å². The van der Waals surface area contributed by atoms with E-state index in [1.165, 1.54) is 10.5 Å². The number of hydrogen-bond donors (Lipinski definition) is 0. The maximum Gasteiger partial charge on any atom is 0.420 e. The molecule has 2 aliphatic rings. The number of rotatable bonds is 7. The summed E-state index contributed by atoms with van der Waals surface area (Å²) in [6.07, 6.45) is 8.07. The third-order valence-corrected chi connectivity index (χ3v) is 7.83. The Morgan fingerprint density at radius 1 is 1.00 bits per heavy atom. The number of aromatic nitrogens is 3. The van der Waals surface area contributed by atoms with Gasteiger partial charge in [0, 0.05) is 19.3 Å². The van der Waals surface area contributed by atoms with Gasteiger partial charge in [-0.25, -0.2) is 14.3 Å². The minimum Gasteiger partial charge on any atom is -0.443 e. The zero-order valence-corrected chi connectivity index (χ0v) is 24.7. The normalized spacial score (nSPS) is 16.7. The molecule has 0 fully saturated rings. The molecule has 220 valence electrons. The van der Waals surface area contributed by atoms with Crippen LogP contribution in [0.4, 0.5) is 4.79 Å². The molecular weight excluding hydrogens is 542 g/mol. The summed E-state index contributed by atoms with van der Waals surface area (Å²) in [5.74, 6) is 0.0180. The molecule has 0 saturated heterocycles. The Kier molecular flexibility index (Phi) is 7.66. The molecule has 9 nitrogen and oxygen atoms in total. The summed E-state index contributed by atoms with van der Waals surface area (Å²) >= 11 is 0. The molecule has 1 unspecified atom stereocenters. The van der Waals surface area contributed by atoms with E-state index in [2.05, 4.69) is 11.0 Å². The highest BCUT2D eigenvalue weighted by molar-refractivity contribution is 6.21. The second kappa shape index (κ2) is 11.6. The molecule has 0 bridgehead atoms. The number of hydrogen-bond acceptors (Lipinski definition) is 7. The topological polar surface area (TPSA) is 97.6 Å². The molecule has 0 spiro atoms. The lowest BCUT2D eigenvalue weighted by atomic mass is 9.90. The summed E-state index contributed by atoms with van der Waals surface area (Å²) in [5, 5.41) is 0.